The number of rotatable bonds is 4. The Bertz CT molecular complexity index is 101. The maximum Gasteiger partial charge on any atom is 0.0605 e. The van der Waals surface area contributed by atoms with Crippen LogP contribution in [0.1, 0.15) is 20.8 Å². The van der Waals surface area contributed by atoms with Crippen LogP contribution in [0.2, 0.25) is 0 Å². The minimum atomic E-state index is 0.546. The normalized spacial score (nSPS) is 13.1. The van der Waals surface area contributed by atoms with Crippen LogP contribution in [0.5, 0.6) is 0 Å². The van der Waals surface area contributed by atoms with Crippen molar-refractivity contribution >= 4 is 39.9 Å². The van der Waals surface area contributed by atoms with Gasteiger partial charge in [0, 0.05) is 5.25 Å². The van der Waals surface area contributed by atoms with Gasteiger partial charge in [0.25, 0.3) is 0 Å². The minimum absolute atomic E-state index is 0.546. The number of hydrogen-bond acceptors (Lipinski definition) is 3. The zero-order valence-electron chi connectivity index (χ0n) is 6.72. The summed E-state index contributed by atoms with van der Waals surface area (Å²) >= 11 is 8.89. The Hall–Kier alpha value is 0.790. The summed E-state index contributed by atoms with van der Waals surface area (Å²) in [6.07, 6.45) is 0. The van der Waals surface area contributed by atoms with Crippen molar-refractivity contribution in [3.63, 3.8) is 0 Å². The van der Waals surface area contributed by atoms with Gasteiger partial charge in [-0.3, -0.25) is 0 Å². The fourth-order valence-electron chi connectivity index (χ4n) is 0.578. The lowest BCUT2D eigenvalue weighted by Gasteiger charge is -2.08. The Morgan fingerprint density at radius 1 is 1.40 bits per heavy atom. The zero-order valence-corrected chi connectivity index (χ0v) is 9.17. The van der Waals surface area contributed by atoms with E-state index in [1.54, 1.807) is 11.8 Å². The summed E-state index contributed by atoms with van der Waals surface area (Å²) in [5.41, 5.74) is 0. The van der Waals surface area contributed by atoms with Crippen LogP contribution in [-0.2, 0) is 0 Å². The number of thioether (sulfide) groups is 2. The average molecular weight is 194 g/mol. The molecular formula is C7H14S3. The lowest BCUT2D eigenvalue weighted by Crippen LogP contribution is -2.06. The zero-order chi connectivity index (χ0) is 7.98. The Balaban J connectivity index is 3.49. The topological polar surface area (TPSA) is 0 Å². The summed E-state index contributed by atoms with van der Waals surface area (Å²) in [7, 11) is 0. The van der Waals surface area contributed by atoms with Crippen molar-refractivity contribution < 1.29 is 0 Å². The summed E-state index contributed by atoms with van der Waals surface area (Å²) < 4.78 is 1.15. The molecule has 0 aliphatic heterocycles. The highest BCUT2D eigenvalue weighted by Crippen LogP contribution is 2.18. The van der Waals surface area contributed by atoms with Gasteiger partial charge in [-0.1, -0.05) is 26.1 Å². The molecular weight excluding hydrogens is 180 g/mol. The summed E-state index contributed by atoms with van der Waals surface area (Å²) in [5.74, 6) is 2.26. The van der Waals surface area contributed by atoms with E-state index in [2.05, 4.69) is 20.8 Å². The number of thiocarbonyl (C=S) groups is 1. The van der Waals surface area contributed by atoms with E-state index in [-0.39, 0.29) is 0 Å². The predicted octanol–water partition coefficient (Wildman–Crippen LogP) is 3.21. The quantitative estimate of drug-likeness (QED) is 0.631. The second kappa shape index (κ2) is 6.50. The molecule has 0 saturated heterocycles. The van der Waals surface area contributed by atoms with Crippen LogP contribution >= 0.6 is 35.7 Å². The molecule has 0 aromatic carbocycles. The molecule has 0 fully saturated rings. The first-order valence-corrected chi connectivity index (χ1v) is 5.94. The van der Waals surface area contributed by atoms with Crippen LogP contribution in [0.4, 0.5) is 0 Å². The predicted molar refractivity (Wildman–Crippen MR) is 58.3 cm³/mol. The molecule has 10 heavy (non-hydrogen) atoms. The largest absolute Gasteiger partial charge is 0.153 e. The maximum absolute atomic E-state index is 5.18. The third-order valence-electron chi connectivity index (χ3n) is 1.04. The highest BCUT2D eigenvalue weighted by atomic mass is 32.2. The molecule has 0 aromatic rings. The highest BCUT2D eigenvalue weighted by molar-refractivity contribution is 8.25. The smallest absolute Gasteiger partial charge is 0.0605 e. The second-order valence-electron chi connectivity index (χ2n) is 1.85. The van der Waals surface area contributed by atoms with Crippen molar-refractivity contribution in [2.24, 2.45) is 0 Å². The fourth-order valence-corrected chi connectivity index (χ4v) is 2.70. The number of hydrogen-bond donors (Lipinski definition) is 0. The molecule has 0 N–H and O–H groups in total. The SMILES string of the molecule is CCSC(=S)C(C)SCC. The molecule has 0 spiro atoms. The van der Waals surface area contributed by atoms with Crippen molar-refractivity contribution in [1.82, 2.24) is 0 Å². The summed E-state index contributed by atoms with van der Waals surface area (Å²) in [5, 5.41) is 0.546. The molecule has 0 bridgehead atoms. The third kappa shape index (κ3) is 4.58. The molecule has 0 nitrogen and oxygen atoms in total. The van der Waals surface area contributed by atoms with Crippen molar-refractivity contribution in [2.45, 2.75) is 26.0 Å². The Morgan fingerprint density at radius 2 is 2.00 bits per heavy atom. The van der Waals surface area contributed by atoms with Crippen LogP contribution in [-0.4, -0.2) is 21.0 Å². The van der Waals surface area contributed by atoms with Crippen molar-refractivity contribution in [1.29, 1.82) is 0 Å². The van der Waals surface area contributed by atoms with Crippen LogP contribution < -0.4 is 0 Å². The maximum atomic E-state index is 5.18. The van der Waals surface area contributed by atoms with Gasteiger partial charge in [-0.15, -0.1) is 11.8 Å². The lowest BCUT2D eigenvalue weighted by atomic mass is 10.6. The van der Waals surface area contributed by atoms with Gasteiger partial charge in [-0.2, -0.15) is 11.8 Å². The second-order valence-corrected chi connectivity index (χ2v) is 5.47. The van der Waals surface area contributed by atoms with Gasteiger partial charge in [0.15, 0.2) is 0 Å². The molecule has 0 aliphatic rings. The van der Waals surface area contributed by atoms with Gasteiger partial charge in [0.2, 0.25) is 0 Å². The first-order chi connectivity index (χ1) is 4.72. The Labute approximate surface area is 77.5 Å². The van der Waals surface area contributed by atoms with Crippen molar-refractivity contribution in [3.8, 4) is 0 Å². The molecule has 3 heteroatoms. The van der Waals surface area contributed by atoms with E-state index >= 15 is 0 Å². The van der Waals surface area contributed by atoms with Crippen molar-refractivity contribution in [2.75, 3.05) is 11.5 Å². The van der Waals surface area contributed by atoms with E-state index in [0.29, 0.717) is 5.25 Å². The molecule has 1 atom stereocenters. The highest BCUT2D eigenvalue weighted by Gasteiger charge is 2.06. The molecule has 0 radical (unpaired) electrons. The van der Waals surface area contributed by atoms with Gasteiger partial charge in [-0.05, 0) is 18.4 Å². The molecule has 0 aromatic heterocycles. The molecule has 0 saturated carbocycles. The van der Waals surface area contributed by atoms with E-state index in [9.17, 15) is 0 Å². The minimum Gasteiger partial charge on any atom is -0.153 e. The van der Waals surface area contributed by atoms with Crippen LogP contribution in [0.15, 0.2) is 0 Å². The average Bonchev–Trinajstić information content (AvgIpc) is 1.89. The fraction of sp³-hybridized carbons (Fsp3) is 0.857. The van der Waals surface area contributed by atoms with E-state index in [0.717, 1.165) is 15.7 Å². The van der Waals surface area contributed by atoms with E-state index in [1.165, 1.54) is 0 Å². The van der Waals surface area contributed by atoms with Gasteiger partial charge in [0.05, 0.1) is 4.20 Å². The summed E-state index contributed by atoms with van der Waals surface area (Å²) in [6, 6.07) is 0. The van der Waals surface area contributed by atoms with E-state index in [4.69, 9.17) is 12.2 Å². The lowest BCUT2D eigenvalue weighted by molar-refractivity contribution is 1.34. The van der Waals surface area contributed by atoms with E-state index in [1.807, 2.05) is 11.8 Å². The Kier molecular flexibility index (Phi) is 7.01. The molecule has 0 amide bonds. The standard InChI is InChI=1S/C7H14S3/c1-4-9-6(3)7(8)10-5-2/h6H,4-5H2,1-3H3. The molecule has 1 unspecified atom stereocenters. The Morgan fingerprint density at radius 3 is 2.40 bits per heavy atom. The molecule has 0 rings (SSSR count). The monoisotopic (exact) mass is 194 g/mol. The van der Waals surface area contributed by atoms with E-state index < -0.39 is 0 Å². The molecule has 0 aliphatic carbocycles. The van der Waals surface area contributed by atoms with Crippen LogP contribution in [0.3, 0.4) is 0 Å². The van der Waals surface area contributed by atoms with Gasteiger partial charge < -0.3 is 0 Å². The molecule has 0 heterocycles. The van der Waals surface area contributed by atoms with Crippen LogP contribution in [0, 0.1) is 0 Å². The van der Waals surface area contributed by atoms with Crippen molar-refractivity contribution in [3.05, 3.63) is 0 Å². The van der Waals surface area contributed by atoms with Gasteiger partial charge in [0.1, 0.15) is 0 Å². The summed E-state index contributed by atoms with van der Waals surface area (Å²) in [4.78, 5) is 0. The van der Waals surface area contributed by atoms with Gasteiger partial charge >= 0.3 is 0 Å². The van der Waals surface area contributed by atoms with Crippen LogP contribution in [0.25, 0.3) is 0 Å². The molecule has 60 valence electrons. The first-order valence-electron chi connectivity index (χ1n) is 3.50. The van der Waals surface area contributed by atoms with Gasteiger partial charge in [-0.25, -0.2) is 0 Å². The third-order valence-corrected chi connectivity index (χ3v) is 4.04. The summed E-state index contributed by atoms with van der Waals surface area (Å²) in [6.45, 7) is 6.49. The first kappa shape index (κ1) is 10.8.